The first-order chi connectivity index (χ1) is 19.4. The van der Waals surface area contributed by atoms with E-state index in [-0.39, 0.29) is 10.6 Å². The Morgan fingerprint density at radius 2 is 1.88 bits per heavy atom. The number of likely N-dealkylation sites (tertiary alicyclic amines) is 1. The Bertz CT molecular complexity index is 1190. The molecule has 4 aliphatic heterocycles. The summed E-state index contributed by atoms with van der Waals surface area (Å²) in [6.45, 7) is 7.26. The minimum atomic E-state index is -0.521. The number of ether oxygens (including phenoxy) is 1. The van der Waals surface area contributed by atoms with Crippen molar-refractivity contribution in [2.45, 2.75) is 39.2 Å². The molecule has 4 heterocycles. The van der Waals surface area contributed by atoms with E-state index in [1.165, 1.54) is 12.0 Å². The van der Waals surface area contributed by atoms with Gasteiger partial charge in [-0.15, -0.1) is 0 Å². The van der Waals surface area contributed by atoms with Crippen molar-refractivity contribution in [1.29, 1.82) is 0 Å². The van der Waals surface area contributed by atoms with E-state index in [0.717, 1.165) is 67.3 Å². The van der Waals surface area contributed by atoms with Crippen molar-refractivity contribution in [3.05, 3.63) is 85.9 Å². The van der Waals surface area contributed by atoms with Gasteiger partial charge in [-0.3, -0.25) is 0 Å². The van der Waals surface area contributed by atoms with Gasteiger partial charge in [0.25, 0.3) is 0 Å². The van der Waals surface area contributed by atoms with Gasteiger partial charge in [0.2, 0.25) is 0 Å². The molecule has 2 N–H and O–H groups in total. The summed E-state index contributed by atoms with van der Waals surface area (Å²) in [5, 5.41) is 13.8. The molecule has 0 aliphatic carbocycles. The number of allylic oxidation sites excluding steroid dienone is 2. The second-order valence-corrected chi connectivity index (χ2v) is 13.4. The van der Waals surface area contributed by atoms with Crippen molar-refractivity contribution >= 4 is 5.91 Å². The summed E-state index contributed by atoms with van der Waals surface area (Å²) in [7, 11) is 2.03. The standard InChI is InChI=1S/C30H42IN6O3/c1-3-24-7-9-25(10-8-24)22-37(39,17-12-32)23-35-15-11-27(20-31-35)36-16-18-40-28-19-26(21-33(2)29(28)36)30(38)34-13-5-4-6-14-34/h7-11,15,19-20H,3-6,12-14,16-18,21-23,32H2,1-2H3/q-1. The Morgan fingerprint density at radius 3 is 2.55 bits per heavy atom. The Morgan fingerprint density at radius 1 is 1.12 bits per heavy atom. The SMILES string of the molecule is CCc1ccc(C[N+]([O-])(CCN)CN2C=CC(N3CCOC4=C3N(C)CC(C(=O)N3CCCCC3)=C4)=C[I-]2)cc1. The number of carbonyl (C=O) groups is 1. The second-order valence-electron chi connectivity index (χ2n) is 11.0. The fourth-order valence-electron chi connectivity index (χ4n) is 5.73. The summed E-state index contributed by atoms with van der Waals surface area (Å²) in [6, 6.07) is 8.37. The van der Waals surface area contributed by atoms with Crippen LogP contribution in [0.2, 0.25) is 0 Å². The zero-order valence-corrected chi connectivity index (χ0v) is 25.9. The number of benzene rings is 1. The molecule has 1 unspecified atom stereocenters. The van der Waals surface area contributed by atoms with Gasteiger partial charge in [0.05, 0.1) is 0 Å². The van der Waals surface area contributed by atoms with Gasteiger partial charge in [-0.05, 0) is 0 Å². The van der Waals surface area contributed by atoms with Crippen molar-refractivity contribution in [2.75, 3.05) is 59.6 Å². The number of piperidine rings is 1. The van der Waals surface area contributed by atoms with E-state index >= 15 is 0 Å². The van der Waals surface area contributed by atoms with Crippen LogP contribution in [0.5, 0.6) is 0 Å². The molecule has 5 rings (SSSR count). The van der Waals surface area contributed by atoms with Gasteiger partial charge in [-0.1, -0.05) is 0 Å². The molecule has 0 aromatic heterocycles. The zero-order valence-electron chi connectivity index (χ0n) is 23.7. The molecule has 1 fully saturated rings. The number of aryl methyl sites for hydroxylation is 1. The van der Waals surface area contributed by atoms with E-state index in [2.05, 4.69) is 60.5 Å². The van der Waals surface area contributed by atoms with Crippen LogP contribution in [0, 0.1) is 5.21 Å². The molecule has 0 saturated carbocycles. The normalized spacial score (nSPS) is 21.2. The number of amides is 1. The Kier molecular flexibility index (Phi) is 9.39. The first-order valence-corrected chi connectivity index (χ1v) is 16.6. The predicted molar refractivity (Wildman–Crippen MR) is 152 cm³/mol. The van der Waals surface area contributed by atoms with Gasteiger partial charge in [0.15, 0.2) is 0 Å². The molecule has 1 saturated heterocycles. The minimum absolute atomic E-state index is 0.134. The molecule has 0 spiro atoms. The molecule has 10 heteroatoms. The summed E-state index contributed by atoms with van der Waals surface area (Å²) in [6.07, 6.45) is 10.5. The van der Waals surface area contributed by atoms with E-state index in [9.17, 15) is 10.0 Å². The van der Waals surface area contributed by atoms with Gasteiger partial charge < -0.3 is 0 Å². The molecule has 9 nitrogen and oxygen atoms in total. The van der Waals surface area contributed by atoms with Gasteiger partial charge in [0, 0.05) is 0 Å². The number of carbonyl (C=O) groups excluding carboxylic acids is 1. The molecular weight excluding hydrogens is 619 g/mol. The van der Waals surface area contributed by atoms with E-state index in [1.54, 1.807) is 0 Å². The molecule has 1 amide bonds. The third kappa shape index (κ3) is 6.67. The van der Waals surface area contributed by atoms with Crippen LogP contribution in [-0.4, -0.2) is 88.0 Å². The number of nitrogens with two attached hydrogens (primary N) is 1. The van der Waals surface area contributed by atoms with Crippen molar-refractivity contribution in [3.63, 3.8) is 0 Å². The monoisotopic (exact) mass is 661 g/mol. The number of hydroxylamine groups is 3. The Hall–Kier alpha value is -2.54. The quantitative estimate of drug-likeness (QED) is 0.173. The molecule has 0 bridgehead atoms. The molecule has 4 aliphatic rings. The van der Waals surface area contributed by atoms with Gasteiger partial charge in [-0.2, -0.15) is 0 Å². The Labute approximate surface area is 249 Å². The van der Waals surface area contributed by atoms with Crippen molar-refractivity contribution < 1.29 is 35.7 Å². The van der Waals surface area contributed by atoms with Gasteiger partial charge >= 0.3 is 250 Å². The molecule has 0 radical (unpaired) electrons. The zero-order chi connectivity index (χ0) is 28.1. The van der Waals surface area contributed by atoms with Crippen molar-refractivity contribution in [2.24, 2.45) is 5.73 Å². The summed E-state index contributed by atoms with van der Waals surface area (Å²) in [4.78, 5) is 19.6. The fraction of sp³-hybridized carbons (Fsp3) is 0.500. The molecule has 1 aromatic rings. The average Bonchev–Trinajstić information content (AvgIpc) is 2.97. The first kappa shape index (κ1) is 29.0. The van der Waals surface area contributed by atoms with Crippen LogP contribution in [0.15, 0.2) is 69.6 Å². The number of nitrogens with zero attached hydrogens (tertiary/aromatic N) is 5. The van der Waals surface area contributed by atoms with Crippen molar-refractivity contribution in [1.82, 2.24) is 17.8 Å². The van der Waals surface area contributed by atoms with E-state index in [0.29, 0.717) is 39.5 Å². The summed E-state index contributed by atoms with van der Waals surface area (Å²) in [5.41, 5.74) is 10.1. The van der Waals surface area contributed by atoms with Crippen LogP contribution < -0.4 is 27.2 Å². The molecule has 1 aromatic carbocycles. The first-order valence-electron chi connectivity index (χ1n) is 14.4. The fourth-order valence-corrected chi connectivity index (χ4v) is 7.99. The van der Waals surface area contributed by atoms with Crippen LogP contribution in [0.25, 0.3) is 0 Å². The summed E-state index contributed by atoms with van der Waals surface area (Å²) < 4.78 is 10.2. The maximum absolute atomic E-state index is 13.8. The average molecular weight is 662 g/mol. The summed E-state index contributed by atoms with van der Waals surface area (Å²) in [5.74, 6) is 1.90. The summed E-state index contributed by atoms with van der Waals surface area (Å²) >= 11 is -0.521. The van der Waals surface area contributed by atoms with Crippen LogP contribution in [0.4, 0.5) is 0 Å². The number of hydrogen-bond acceptors (Lipinski definition) is 7. The van der Waals surface area contributed by atoms with E-state index in [4.69, 9.17) is 10.5 Å². The van der Waals surface area contributed by atoms with E-state index in [1.807, 2.05) is 18.0 Å². The molecule has 218 valence electrons. The Balaban J connectivity index is 1.26. The maximum atomic E-state index is 13.8. The van der Waals surface area contributed by atoms with Crippen LogP contribution in [0.1, 0.15) is 37.3 Å². The van der Waals surface area contributed by atoms with Gasteiger partial charge in [-0.25, -0.2) is 0 Å². The third-order valence-corrected chi connectivity index (χ3v) is 10.1. The molecule has 1 atom stereocenters. The number of halogens is 1. The number of likely N-dealkylation sites (N-methyl/N-ethyl adjacent to an activating group) is 1. The van der Waals surface area contributed by atoms with Crippen molar-refractivity contribution in [3.8, 4) is 0 Å². The van der Waals surface area contributed by atoms with Crippen LogP contribution >= 0.6 is 0 Å². The van der Waals surface area contributed by atoms with Gasteiger partial charge in [0.1, 0.15) is 0 Å². The van der Waals surface area contributed by atoms with E-state index < -0.39 is 21.5 Å². The second kappa shape index (κ2) is 13.0. The van der Waals surface area contributed by atoms with Crippen LogP contribution in [-0.2, 0) is 22.5 Å². The number of quaternary nitrogens is 1. The number of hydrogen-bond donors (Lipinski definition) is 1. The number of rotatable bonds is 9. The molecular formula is C30H42IN6O3-. The third-order valence-electron chi connectivity index (χ3n) is 7.88. The molecule has 40 heavy (non-hydrogen) atoms. The predicted octanol–water partition coefficient (Wildman–Crippen LogP) is 0.0401. The van der Waals surface area contributed by atoms with Crippen LogP contribution in [0.3, 0.4) is 0 Å². The topological polar surface area (TPSA) is 88.3 Å².